The number of hydrogen-bond donors (Lipinski definition) is 0. The SMILES string of the molecule is CC(Cn1c(CO[N+](=O)[O-])c(Br)c(=O)n(C)c1=O)O[N+](=O)[O-]. The van der Waals surface area contributed by atoms with Gasteiger partial charge in [-0.15, -0.1) is 20.2 Å². The maximum Gasteiger partial charge on any atom is 0.331 e. The number of nitrogens with zero attached hydrogens (tertiary/aromatic N) is 4. The van der Waals surface area contributed by atoms with Crippen molar-refractivity contribution in [2.45, 2.75) is 26.2 Å². The molecule has 1 heterocycles. The highest BCUT2D eigenvalue weighted by molar-refractivity contribution is 9.10. The summed E-state index contributed by atoms with van der Waals surface area (Å²) in [6, 6.07) is 0. The second kappa shape index (κ2) is 7.02. The van der Waals surface area contributed by atoms with Gasteiger partial charge in [0.15, 0.2) is 0 Å². The van der Waals surface area contributed by atoms with Crippen LogP contribution in [0.2, 0.25) is 0 Å². The van der Waals surface area contributed by atoms with Crippen LogP contribution in [-0.2, 0) is 29.9 Å². The summed E-state index contributed by atoms with van der Waals surface area (Å²) in [7, 11) is 1.20. The van der Waals surface area contributed by atoms with Crippen molar-refractivity contribution in [1.29, 1.82) is 0 Å². The van der Waals surface area contributed by atoms with Crippen LogP contribution < -0.4 is 11.2 Å². The van der Waals surface area contributed by atoms with Crippen molar-refractivity contribution in [3.63, 3.8) is 0 Å². The highest BCUT2D eigenvalue weighted by atomic mass is 79.9. The van der Waals surface area contributed by atoms with Crippen molar-refractivity contribution in [2.24, 2.45) is 7.05 Å². The molecule has 0 bridgehead atoms. The Bertz CT molecular complexity index is 711. The van der Waals surface area contributed by atoms with Gasteiger partial charge in [-0.25, -0.2) is 4.79 Å². The van der Waals surface area contributed by atoms with Crippen LogP contribution in [-0.4, -0.2) is 25.4 Å². The molecule has 0 saturated carbocycles. The lowest BCUT2D eigenvalue weighted by Gasteiger charge is -2.17. The number of hydrogen-bond acceptors (Lipinski definition) is 8. The van der Waals surface area contributed by atoms with Crippen LogP contribution >= 0.6 is 15.9 Å². The topological polar surface area (TPSA) is 149 Å². The third-order valence-electron chi connectivity index (χ3n) is 2.60. The summed E-state index contributed by atoms with van der Waals surface area (Å²) >= 11 is 2.94. The van der Waals surface area contributed by atoms with Crippen molar-refractivity contribution < 1.29 is 19.8 Å². The molecule has 0 saturated heterocycles. The summed E-state index contributed by atoms with van der Waals surface area (Å²) in [5.41, 5.74) is -1.65. The highest BCUT2D eigenvalue weighted by Gasteiger charge is 2.19. The number of aromatic nitrogens is 2. The van der Waals surface area contributed by atoms with Crippen molar-refractivity contribution in [1.82, 2.24) is 9.13 Å². The van der Waals surface area contributed by atoms with Crippen LogP contribution in [0, 0.1) is 20.2 Å². The maximum absolute atomic E-state index is 12.1. The van der Waals surface area contributed by atoms with Crippen molar-refractivity contribution >= 4 is 15.9 Å². The van der Waals surface area contributed by atoms with Crippen LogP contribution in [0.1, 0.15) is 12.6 Å². The molecule has 1 unspecified atom stereocenters. The zero-order valence-corrected chi connectivity index (χ0v) is 13.0. The minimum absolute atomic E-state index is 0.121. The van der Waals surface area contributed by atoms with Crippen molar-refractivity contribution in [3.8, 4) is 0 Å². The Hall–Kier alpha value is -2.44. The van der Waals surface area contributed by atoms with E-state index in [1.807, 2.05) is 0 Å². The van der Waals surface area contributed by atoms with Crippen LogP contribution in [0.3, 0.4) is 0 Å². The lowest BCUT2D eigenvalue weighted by atomic mass is 10.3. The molecule has 0 aliphatic heterocycles. The van der Waals surface area contributed by atoms with Crippen LogP contribution in [0.5, 0.6) is 0 Å². The Kier molecular flexibility index (Phi) is 5.62. The Morgan fingerprint density at radius 1 is 1.27 bits per heavy atom. The zero-order valence-electron chi connectivity index (χ0n) is 11.4. The van der Waals surface area contributed by atoms with Crippen LogP contribution in [0.4, 0.5) is 0 Å². The van der Waals surface area contributed by atoms with Gasteiger partial charge < -0.3 is 9.68 Å². The Balaban J connectivity index is 3.33. The standard InChI is InChI=1S/C9H11BrN4O8/c1-5(22-14(19)20)3-12-6(4-21-13(17)18)7(10)8(15)11(2)9(12)16/h5H,3-4H2,1-2H3. The number of rotatable bonds is 7. The van der Waals surface area contributed by atoms with E-state index >= 15 is 0 Å². The van der Waals surface area contributed by atoms with E-state index in [4.69, 9.17) is 0 Å². The third kappa shape index (κ3) is 4.03. The molecule has 13 heteroatoms. The minimum Gasteiger partial charge on any atom is -0.309 e. The fourth-order valence-corrected chi connectivity index (χ4v) is 2.25. The van der Waals surface area contributed by atoms with Crippen molar-refractivity contribution in [3.05, 3.63) is 51.2 Å². The normalized spacial score (nSPS) is 11.8. The summed E-state index contributed by atoms with van der Waals surface area (Å²) in [5, 5.41) is 18.5. The molecule has 1 atom stereocenters. The highest BCUT2D eigenvalue weighted by Crippen LogP contribution is 2.12. The second-order valence-corrected chi connectivity index (χ2v) is 4.95. The van der Waals surface area contributed by atoms with E-state index in [9.17, 15) is 29.8 Å². The summed E-state index contributed by atoms with van der Waals surface area (Å²) < 4.78 is 1.56. The predicted octanol–water partition coefficient (Wildman–Crippen LogP) is -0.385. The lowest BCUT2D eigenvalue weighted by Crippen LogP contribution is -2.42. The predicted molar refractivity (Wildman–Crippen MR) is 73.0 cm³/mol. The third-order valence-corrected chi connectivity index (χ3v) is 3.40. The van der Waals surface area contributed by atoms with Gasteiger partial charge in [-0.1, -0.05) is 0 Å². The molecule has 22 heavy (non-hydrogen) atoms. The van der Waals surface area contributed by atoms with Gasteiger partial charge >= 0.3 is 5.69 Å². The first-order chi connectivity index (χ1) is 10.1. The van der Waals surface area contributed by atoms with Crippen molar-refractivity contribution in [2.75, 3.05) is 0 Å². The molecule has 12 nitrogen and oxygen atoms in total. The first-order valence-corrected chi connectivity index (χ1v) is 6.51. The first kappa shape index (κ1) is 17.6. The zero-order chi connectivity index (χ0) is 17.0. The molecule has 0 aromatic carbocycles. The molecular weight excluding hydrogens is 372 g/mol. The van der Waals surface area contributed by atoms with E-state index in [1.165, 1.54) is 14.0 Å². The molecule has 0 aliphatic carbocycles. The molecule has 0 amide bonds. The fourth-order valence-electron chi connectivity index (χ4n) is 1.65. The van der Waals surface area contributed by atoms with E-state index in [2.05, 4.69) is 25.6 Å². The van der Waals surface area contributed by atoms with E-state index < -0.39 is 34.1 Å². The molecule has 0 radical (unpaired) electrons. The number of halogens is 1. The molecule has 0 spiro atoms. The minimum atomic E-state index is -1.09. The van der Waals surface area contributed by atoms with Crippen LogP contribution in [0.15, 0.2) is 14.1 Å². The Morgan fingerprint density at radius 3 is 2.36 bits per heavy atom. The molecule has 0 fully saturated rings. The van der Waals surface area contributed by atoms with Gasteiger partial charge in [0.1, 0.15) is 17.2 Å². The quantitative estimate of drug-likeness (QED) is 0.457. The smallest absolute Gasteiger partial charge is 0.309 e. The largest absolute Gasteiger partial charge is 0.331 e. The summed E-state index contributed by atoms with van der Waals surface area (Å²) in [6.45, 7) is 0.347. The van der Waals surface area contributed by atoms with Crippen LogP contribution in [0.25, 0.3) is 0 Å². The van der Waals surface area contributed by atoms with E-state index in [-0.39, 0.29) is 16.7 Å². The molecule has 1 rings (SSSR count). The molecule has 1 aromatic heterocycles. The van der Waals surface area contributed by atoms with E-state index in [1.54, 1.807) is 0 Å². The monoisotopic (exact) mass is 382 g/mol. The average molecular weight is 383 g/mol. The maximum atomic E-state index is 12.1. The Morgan fingerprint density at radius 2 is 1.86 bits per heavy atom. The van der Waals surface area contributed by atoms with Gasteiger partial charge in [0, 0.05) is 7.05 Å². The summed E-state index contributed by atoms with van der Waals surface area (Å²) in [4.78, 5) is 52.9. The lowest BCUT2D eigenvalue weighted by molar-refractivity contribution is -0.768. The molecule has 122 valence electrons. The fraction of sp³-hybridized carbons (Fsp3) is 0.556. The molecule has 1 aromatic rings. The second-order valence-electron chi connectivity index (χ2n) is 4.15. The van der Waals surface area contributed by atoms with Gasteiger partial charge in [-0.05, 0) is 22.9 Å². The first-order valence-electron chi connectivity index (χ1n) is 5.71. The summed E-state index contributed by atoms with van der Waals surface area (Å²) in [5.74, 6) is 0. The van der Waals surface area contributed by atoms with E-state index in [0.29, 0.717) is 0 Å². The average Bonchev–Trinajstić information content (AvgIpc) is 2.41. The van der Waals surface area contributed by atoms with Gasteiger partial charge in [0.05, 0.1) is 12.2 Å². The molecule has 0 aliphatic rings. The molecular formula is C9H11BrN4O8. The molecule has 0 N–H and O–H groups in total. The van der Waals surface area contributed by atoms with Gasteiger partial charge in [0.25, 0.3) is 15.7 Å². The Labute approximate surface area is 130 Å². The van der Waals surface area contributed by atoms with Gasteiger partial charge in [-0.3, -0.25) is 13.9 Å². The van der Waals surface area contributed by atoms with Gasteiger partial charge in [0.2, 0.25) is 0 Å². The summed E-state index contributed by atoms with van der Waals surface area (Å²) in [6.07, 6.45) is -1.02. The van der Waals surface area contributed by atoms with Gasteiger partial charge in [-0.2, -0.15) is 0 Å². The van der Waals surface area contributed by atoms with E-state index in [0.717, 1.165) is 9.13 Å².